The standard InChI is InChI=1S/C17H25N3O5/c1-16(2,3)17(12-25-4)11-18(9-10-19(17)15(21)22)13-5-7-14(8-6-13)20(23)24/h5-8H,9-12H2,1-4H3,(H,21,22)/t17-/m1/s1. The van der Waals surface area contributed by atoms with Crippen molar-refractivity contribution >= 4 is 17.5 Å². The third-order valence-corrected chi connectivity index (χ3v) is 5.00. The maximum Gasteiger partial charge on any atom is 0.407 e. The molecule has 1 N–H and O–H groups in total. The van der Waals surface area contributed by atoms with E-state index >= 15 is 0 Å². The number of piperazine rings is 1. The van der Waals surface area contributed by atoms with Crippen molar-refractivity contribution in [3.05, 3.63) is 34.4 Å². The van der Waals surface area contributed by atoms with E-state index in [9.17, 15) is 20.0 Å². The molecule has 0 saturated carbocycles. The Labute approximate surface area is 147 Å². The predicted octanol–water partition coefficient (Wildman–Crippen LogP) is 2.83. The van der Waals surface area contributed by atoms with Crippen LogP contribution in [0.3, 0.4) is 0 Å². The van der Waals surface area contributed by atoms with E-state index in [2.05, 4.69) is 4.90 Å². The molecule has 8 heteroatoms. The summed E-state index contributed by atoms with van der Waals surface area (Å²) in [7, 11) is 1.57. The minimum Gasteiger partial charge on any atom is -0.465 e. The van der Waals surface area contributed by atoms with Crippen molar-refractivity contribution in [1.29, 1.82) is 0 Å². The molecule has 1 amide bonds. The molecule has 1 aliphatic heterocycles. The fourth-order valence-electron chi connectivity index (χ4n) is 3.42. The van der Waals surface area contributed by atoms with Gasteiger partial charge in [-0.3, -0.25) is 15.0 Å². The Morgan fingerprint density at radius 2 is 1.92 bits per heavy atom. The van der Waals surface area contributed by atoms with Crippen LogP contribution in [0.2, 0.25) is 0 Å². The highest BCUT2D eigenvalue weighted by molar-refractivity contribution is 5.67. The molecule has 1 aliphatic rings. The summed E-state index contributed by atoms with van der Waals surface area (Å²) < 4.78 is 5.41. The first-order valence-electron chi connectivity index (χ1n) is 8.11. The van der Waals surface area contributed by atoms with E-state index in [4.69, 9.17) is 4.74 Å². The van der Waals surface area contributed by atoms with Crippen molar-refractivity contribution < 1.29 is 19.6 Å². The molecule has 25 heavy (non-hydrogen) atoms. The fourth-order valence-corrected chi connectivity index (χ4v) is 3.42. The number of hydrogen-bond donors (Lipinski definition) is 1. The van der Waals surface area contributed by atoms with Crippen LogP contribution in [0.4, 0.5) is 16.2 Å². The Bertz CT molecular complexity index is 641. The number of hydrogen-bond acceptors (Lipinski definition) is 5. The van der Waals surface area contributed by atoms with Crippen LogP contribution in [0.15, 0.2) is 24.3 Å². The van der Waals surface area contributed by atoms with Gasteiger partial charge in [0, 0.05) is 44.6 Å². The number of carboxylic acid groups (broad SMARTS) is 1. The number of amides is 1. The van der Waals surface area contributed by atoms with Crippen LogP contribution in [-0.4, -0.2) is 59.9 Å². The van der Waals surface area contributed by atoms with Crippen LogP contribution >= 0.6 is 0 Å². The van der Waals surface area contributed by atoms with Crippen molar-refractivity contribution in [1.82, 2.24) is 4.90 Å². The lowest BCUT2D eigenvalue weighted by molar-refractivity contribution is -0.384. The van der Waals surface area contributed by atoms with Gasteiger partial charge in [0.2, 0.25) is 0 Å². The molecular weight excluding hydrogens is 326 g/mol. The number of carbonyl (C=O) groups is 1. The molecule has 0 spiro atoms. The first-order chi connectivity index (χ1) is 11.6. The lowest BCUT2D eigenvalue weighted by atomic mass is 9.71. The zero-order valence-corrected chi connectivity index (χ0v) is 15.1. The van der Waals surface area contributed by atoms with Crippen molar-refractivity contribution in [2.75, 3.05) is 38.3 Å². The normalized spacial score (nSPS) is 21.3. The summed E-state index contributed by atoms with van der Waals surface area (Å²) in [6.45, 7) is 7.59. The third kappa shape index (κ3) is 3.53. The number of ether oxygens (including phenoxy) is 1. The molecule has 1 aromatic carbocycles. The second-order valence-corrected chi connectivity index (χ2v) is 7.34. The number of methoxy groups -OCH3 is 1. The number of nitro groups is 1. The fraction of sp³-hybridized carbons (Fsp3) is 0.588. The Hall–Kier alpha value is -2.35. The smallest absolute Gasteiger partial charge is 0.407 e. The molecule has 0 aliphatic carbocycles. The highest BCUT2D eigenvalue weighted by atomic mass is 16.6. The van der Waals surface area contributed by atoms with E-state index in [1.54, 1.807) is 19.2 Å². The third-order valence-electron chi connectivity index (χ3n) is 5.00. The van der Waals surface area contributed by atoms with Gasteiger partial charge in [0.05, 0.1) is 17.1 Å². The second-order valence-electron chi connectivity index (χ2n) is 7.34. The SMILES string of the molecule is COC[C@@]1(C(C)(C)C)CN(c2ccc([N+](=O)[O-])cc2)CCN1C(=O)O. The zero-order chi connectivity index (χ0) is 18.8. The van der Waals surface area contributed by atoms with E-state index < -0.39 is 16.6 Å². The number of rotatable bonds is 4. The van der Waals surface area contributed by atoms with Crippen LogP contribution in [-0.2, 0) is 4.74 Å². The van der Waals surface area contributed by atoms with Crippen LogP contribution in [0.5, 0.6) is 0 Å². The van der Waals surface area contributed by atoms with Crippen LogP contribution in [0, 0.1) is 15.5 Å². The topological polar surface area (TPSA) is 96.2 Å². The van der Waals surface area contributed by atoms with Crippen molar-refractivity contribution in [3.8, 4) is 0 Å². The van der Waals surface area contributed by atoms with E-state index in [1.165, 1.54) is 17.0 Å². The minimum absolute atomic E-state index is 0.0342. The largest absolute Gasteiger partial charge is 0.465 e. The maximum absolute atomic E-state index is 11.8. The summed E-state index contributed by atoms with van der Waals surface area (Å²) in [5.74, 6) is 0. The van der Waals surface area contributed by atoms with Gasteiger partial charge in [-0.15, -0.1) is 0 Å². The predicted molar refractivity (Wildman–Crippen MR) is 94.1 cm³/mol. The molecule has 8 nitrogen and oxygen atoms in total. The minimum atomic E-state index is -0.963. The Kier molecular flexibility index (Phi) is 5.22. The van der Waals surface area contributed by atoms with Crippen LogP contribution < -0.4 is 4.90 Å². The molecule has 1 fully saturated rings. The molecular formula is C17H25N3O5. The Morgan fingerprint density at radius 1 is 1.32 bits per heavy atom. The van der Waals surface area contributed by atoms with Gasteiger partial charge in [-0.25, -0.2) is 4.79 Å². The number of nitrogens with zero attached hydrogens (tertiary/aromatic N) is 3. The molecule has 1 aromatic rings. The Balaban J connectivity index is 2.38. The molecule has 0 aromatic heterocycles. The lowest BCUT2D eigenvalue weighted by Gasteiger charge is -2.56. The van der Waals surface area contributed by atoms with Gasteiger partial charge in [0.1, 0.15) is 0 Å². The second kappa shape index (κ2) is 6.87. The van der Waals surface area contributed by atoms with Gasteiger partial charge in [-0.05, 0) is 17.5 Å². The average molecular weight is 351 g/mol. The number of nitro benzene ring substituents is 1. The average Bonchev–Trinajstić information content (AvgIpc) is 2.53. The lowest BCUT2D eigenvalue weighted by Crippen LogP contribution is -2.71. The van der Waals surface area contributed by atoms with Gasteiger partial charge >= 0.3 is 6.09 Å². The van der Waals surface area contributed by atoms with Crippen molar-refractivity contribution in [3.63, 3.8) is 0 Å². The van der Waals surface area contributed by atoms with E-state index in [0.717, 1.165) is 5.69 Å². The highest BCUT2D eigenvalue weighted by Crippen LogP contribution is 2.40. The number of anilines is 1. The molecule has 2 rings (SSSR count). The molecule has 138 valence electrons. The summed E-state index contributed by atoms with van der Waals surface area (Å²) in [6.07, 6.45) is -0.963. The molecule has 1 saturated heterocycles. The van der Waals surface area contributed by atoms with Crippen molar-refractivity contribution in [2.24, 2.45) is 5.41 Å². The van der Waals surface area contributed by atoms with E-state index in [-0.39, 0.29) is 17.7 Å². The molecule has 1 heterocycles. The first-order valence-corrected chi connectivity index (χ1v) is 8.11. The van der Waals surface area contributed by atoms with Crippen molar-refractivity contribution in [2.45, 2.75) is 26.3 Å². The van der Waals surface area contributed by atoms with Gasteiger partial charge in [0.25, 0.3) is 5.69 Å². The highest BCUT2D eigenvalue weighted by Gasteiger charge is 2.52. The number of benzene rings is 1. The summed E-state index contributed by atoms with van der Waals surface area (Å²) in [4.78, 5) is 25.8. The summed E-state index contributed by atoms with van der Waals surface area (Å²) in [5.41, 5.74) is -0.221. The van der Waals surface area contributed by atoms with E-state index in [0.29, 0.717) is 19.6 Å². The summed E-state index contributed by atoms with van der Waals surface area (Å²) in [5, 5.41) is 20.5. The summed E-state index contributed by atoms with van der Waals surface area (Å²) in [6, 6.07) is 6.34. The molecule has 0 unspecified atom stereocenters. The van der Waals surface area contributed by atoms with Gasteiger partial charge in [-0.1, -0.05) is 20.8 Å². The number of non-ortho nitro benzene ring substituents is 1. The summed E-state index contributed by atoms with van der Waals surface area (Å²) >= 11 is 0. The van der Waals surface area contributed by atoms with Gasteiger partial charge in [0.15, 0.2) is 0 Å². The van der Waals surface area contributed by atoms with Gasteiger partial charge in [-0.2, -0.15) is 0 Å². The zero-order valence-electron chi connectivity index (χ0n) is 15.1. The monoisotopic (exact) mass is 351 g/mol. The molecule has 1 atom stereocenters. The van der Waals surface area contributed by atoms with E-state index in [1.807, 2.05) is 20.8 Å². The molecule has 0 bridgehead atoms. The molecule has 0 radical (unpaired) electrons. The quantitative estimate of drug-likeness (QED) is 0.662. The Morgan fingerprint density at radius 3 is 2.36 bits per heavy atom. The van der Waals surface area contributed by atoms with Crippen LogP contribution in [0.25, 0.3) is 0 Å². The van der Waals surface area contributed by atoms with Gasteiger partial charge < -0.3 is 14.7 Å². The van der Waals surface area contributed by atoms with Crippen LogP contribution in [0.1, 0.15) is 20.8 Å². The maximum atomic E-state index is 11.8. The first kappa shape index (κ1) is 19.0.